The molecule has 3 rings (SSSR count). The van der Waals surface area contributed by atoms with Gasteiger partial charge >= 0.3 is 0 Å². The van der Waals surface area contributed by atoms with Crippen LogP contribution in [0.3, 0.4) is 0 Å². The van der Waals surface area contributed by atoms with Crippen LogP contribution in [0.1, 0.15) is 38.2 Å². The second-order valence-corrected chi connectivity index (χ2v) is 6.30. The Bertz CT molecular complexity index is 1120. The Morgan fingerprint density at radius 2 is 1.83 bits per heavy atom. The lowest BCUT2D eigenvalue weighted by Crippen LogP contribution is -2.28. The molecule has 2 aromatic heterocycles. The maximum Gasteiger partial charge on any atom is 0.287 e. The first-order valence-electron chi connectivity index (χ1n) is 8.91. The largest absolute Gasteiger partial charge is 0.501 e. The molecular weight excluding hydrogens is 397 g/mol. The van der Waals surface area contributed by atoms with Crippen molar-refractivity contribution in [3.05, 3.63) is 87.1 Å². The van der Waals surface area contributed by atoms with Crippen LogP contribution in [-0.4, -0.2) is 37.1 Å². The summed E-state index contributed by atoms with van der Waals surface area (Å²) in [7, 11) is 1.46. The Kier molecular flexibility index (Phi) is 6.43. The lowest BCUT2D eigenvalue weighted by atomic mass is 10.1. The Labute approximate surface area is 169 Å². The van der Waals surface area contributed by atoms with Crippen molar-refractivity contribution in [1.82, 2.24) is 5.32 Å². The maximum absolute atomic E-state index is 13.0. The van der Waals surface area contributed by atoms with Gasteiger partial charge in [-0.3, -0.25) is 14.4 Å². The van der Waals surface area contributed by atoms with Gasteiger partial charge in [-0.05, 0) is 29.8 Å². The number of hydrogen-bond donors (Lipinski definition) is 2. The molecule has 0 aliphatic heterocycles. The second-order valence-electron chi connectivity index (χ2n) is 6.30. The van der Waals surface area contributed by atoms with Crippen molar-refractivity contribution in [3.63, 3.8) is 0 Å². The highest BCUT2D eigenvalue weighted by molar-refractivity contribution is 6.07. The van der Waals surface area contributed by atoms with Crippen LogP contribution < -0.4 is 10.7 Å². The van der Waals surface area contributed by atoms with E-state index in [-0.39, 0.29) is 24.7 Å². The van der Waals surface area contributed by atoms with Crippen molar-refractivity contribution in [2.45, 2.75) is 6.42 Å². The van der Waals surface area contributed by atoms with Crippen LogP contribution in [0.4, 0.5) is 4.39 Å². The molecule has 8 nitrogen and oxygen atoms in total. The van der Waals surface area contributed by atoms with Crippen molar-refractivity contribution in [2.24, 2.45) is 0 Å². The standard InChI is InChI=1S/C21H18FNO7/c1-28-9-8-23-21(27)17-11-15(24)18(25)20(30-17)19(26)16-7-6-14(29-16)10-12-2-4-13(22)5-3-12/h2-7,11,25H,8-10H2,1H3,(H,23,27). The van der Waals surface area contributed by atoms with Crippen molar-refractivity contribution < 1.29 is 32.7 Å². The molecule has 0 aliphatic carbocycles. The molecule has 3 aromatic rings. The first-order valence-corrected chi connectivity index (χ1v) is 8.91. The molecule has 0 unspecified atom stereocenters. The Morgan fingerprint density at radius 3 is 2.53 bits per heavy atom. The molecule has 0 saturated heterocycles. The van der Waals surface area contributed by atoms with Crippen LogP contribution in [0, 0.1) is 5.82 Å². The fraction of sp³-hybridized carbons (Fsp3) is 0.190. The van der Waals surface area contributed by atoms with Crippen molar-refractivity contribution in [3.8, 4) is 5.75 Å². The third kappa shape index (κ3) is 4.81. The van der Waals surface area contributed by atoms with Crippen molar-refractivity contribution in [2.75, 3.05) is 20.3 Å². The van der Waals surface area contributed by atoms with Gasteiger partial charge in [0.2, 0.25) is 16.9 Å². The third-order valence-corrected chi connectivity index (χ3v) is 4.12. The summed E-state index contributed by atoms with van der Waals surface area (Å²) in [5.74, 6) is -3.87. The summed E-state index contributed by atoms with van der Waals surface area (Å²) in [5.41, 5.74) is -0.187. The monoisotopic (exact) mass is 415 g/mol. The molecule has 30 heavy (non-hydrogen) atoms. The van der Waals surface area contributed by atoms with E-state index in [1.165, 1.54) is 31.4 Å². The van der Waals surface area contributed by atoms with Gasteiger partial charge in [0, 0.05) is 26.1 Å². The summed E-state index contributed by atoms with van der Waals surface area (Å²) >= 11 is 0. The molecule has 0 bridgehead atoms. The molecule has 0 radical (unpaired) electrons. The number of benzene rings is 1. The maximum atomic E-state index is 13.0. The highest BCUT2D eigenvalue weighted by atomic mass is 19.1. The number of furan rings is 1. The van der Waals surface area contributed by atoms with E-state index >= 15 is 0 Å². The number of aromatic hydroxyl groups is 1. The molecule has 156 valence electrons. The Balaban J connectivity index is 1.82. The van der Waals surface area contributed by atoms with Gasteiger partial charge in [-0.1, -0.05) is 12.1 Å². The highest BCUT2D eigenvalue weighted by Gasteiger charge is 2.25. The first-order chi connectivity index (χ1) is 14.4. The van der Waals surface area contributed by atoms with E-state index < -0.39 is 34.4 Å². The summed E-state index contributed by atoms with van der Waals surface area (Å²) < 4.78 is 28.5. The lowest BCUT2D eigenvalue weighted by Gasteiger charge is -2.06. The summed E-state index contributed by atoms with van der Waals surface area (Å²) in [6.07, 6.45) is 0.297. The Morgan fingerprint density at radius 1 is 1.10 bits per heavy atom. The number of amides is 1. The zero-order chi connectivity index (χ0) is 21.7. The van der Waals surface area contributed by atoms with Crippen molar-refractivity contribution in [1.29, 1.82) is 0 Å². The number of nitrogens with one attached hydrogen (secondary N) is 1. The average molecular weight is 415 g/mol. The predicted molar refractivity (Wildman–Crippen MR) is 102 cm³/mol. The summed E-state index contributed by atoms with van der Waals surface area (Å²) in [4.78, 5) is 36.7. The van der Waals surface area contributed by atoms with Gasteiger partial charge in [0.1, 0.15) is 11.6 Å². The van der Waals surface area contributed by atoms with Gasteiger partial charge in [-0.15, -0.1) is 0 Å². The quantitative estimate of drug-likeness (QED) is 0.428. The predicted octanol–water partition coefficient (Wildman–Crippen LogP) is 2.28. The fourth-order valence-electron chi connectivity index (χ4n) is 2.62. The average Bonchev–Trinajstić information content (AvgIpc) is 3.19. The number of carbonyl (C=O) groups is 2. The fourth-order valence-corrected chi connectivity index (χ4v) is 2.62. The number of methoxy groups -OCH3 is 1. The zero-order valence-electron chi connectivity index (χ0n) is 15.9. The van der Waals surface area contributed by atoms with Crippen LogP contribution in [0.2, 0.25) is 0 Å². The molecule has 1 amide bonds. The highest BCUT2D eigenvalue weighted by Crippen LogP contribution is 2.21. The van der Waals surface area contributed by atoms with E-state index in [1.54, 1.807) is 12.1 Å². The van der Waals surface area contributed by atoms with Gasteiger partial charge in [0.15, 0.2) is 11.5 Å². The number of halogens is 1. The lowest BCUT2D eigenvalue weighted by molar-refractivity contribution is 0.0894. The van der Waals surface area contributed by atoms with Gasteiger partial charge in [-0.2, -0.15) is 0 Å². The zero-order valence-corrected chi connectivity index (χ0v) is 15.9. The van der Waals surface area contributed by atoms with E-state index in [0.29, 0.717) is 12.2 Å². The van der Waals surface area contributed by atoms with E-state index in [4.69, 9.17) is 13.6 Å². The summed E-state index contributed by atoms with van der Waals surface area (Å²) in [6.45, 7) is 0.400. The molecule has 0 aliphatic rings. The first kappa shape index (κ1) is 21.0. The molecule has 0 spiro atoms. The minimum atomic E-state index is -0.945. The molecule has 0 atom stereocenters. The Hall–Kier alpha value is -3.72. The number of ether oxygens (including phenoxy) is 1. The SMILES string of the molecule is COCCNC(=O)c1cc(=O)c(O)c(C(=O)c2ccc(Cc3ccc(F)cc3)o2)o1. The number of rotatable bonds is 8. The summed E-state index contributed by atoms with van der Waals surface area (Å²) in [6, 6.07) is 9.45. The minimum absolute atomic E-state index is 0.161. The molecule has 1 aromatic carbocycles. The van der Waals surface area contributed by atoms with Crippen LogP contribution in [0.25, 0.3) is 0 Å². The van der Waals surface area contributed by atoms with Crippen LogP contribution in [0.15, 0.2) is 56.1 Å². The van der Waals surface area contributed by atoms with E-state index in [1.807, 2.05) is 0 Å². The normalized spacial score (nSPS) is 10.7. The molecule has 9 heteroatoms. The summed E-state index contributed by atoms with van der Waals surface area (Å²) in [5, 5.41) is 12.4. The molecule has 2 N–H and O–H groups in total. The van der Waals surface area contributed by atoms with E-state index in [9.17, 15) is 23.9 Å². The van der Waals surface area contributed by atoms with Gasteiger partial charge < -0.3 is 24.0 Å². The van der Waals surface area contributed by atoms with Crippen LogP contribution in [-0.2, 0) is 11.2 Å². The molecule has 0 fully saturated rings. The third-order valence-electron chi connectivity index (χ3n) is 4.12. The van der Waals surface area contributed by atoms with Crippen LogP contribution in [0.5, 0.6) is 5.75 Å². The number of ketones is 1. The van der Waals surface area contributed by atoms with Gasteiger partial charge in [-0.25, -0.2) is 4.39 Å². The minimum Gasteiger partial charge on any atom is -0.501 e. The molecule has 2 heterocycles. The van der Waals surface area contributed by atoms with Crippen molar-refractivity contribution >= 4 is 11.7 Å². The molecular formula is C21H18FNO7. The topological polar surface area (TPSA) is 119 Å². The van der Waals surface area contributed by atoms with Gasteiger partial charge in [0.25, 0.3) is 11.7 Å². The van der Waals surface area contributed by atoms with Gasteiger partial charge in [0.05, 0.1) is 6.61 Å². The van der Waals surface area contributed by atoms with E-state index in [0.717, 1.165) is 11.6 Å². The smallest absolute Gasteiger partial charge is 0.287 e. The number of hydrogen-bond acceptors (Lipinski definition) is 7. The van der Waals surface area contributed by atoms with E-state index in [2.05, 4.69) is 5.32 Å². The molecule has 0 saturated carbocycles. The second kappa shape index (κ2) is 9.19. The van der Waals surface area contributed by atoms with Crippen LogP contribution >= 0.6 is 0 Å². The number of carbonyl (C=O) groups excluding carboxylic acids is 2.